The van der Waals surface area contributed by atoms with Gasteiger partial charge in [-0.1, -0.05) is 19.9 Å². The van der Waals surface area contributed by atoms with Gasteiger partial charge in [0.15, 0.2) is 11.5 Å². The minimum absolute atomic E-state index is 0.213. The first-order valence-corrected chi connectivity index (χ1v) is 11.8. The van der Waals surface area contributed by atoms with Gasteiger partial charge in [-0.05, 0) is 60.2 Å². The van der Waals surface area contributed by atoms with E-state index in [9.17, 15) is 13.2 Å². The summed E-state index contributed by atoms with van der Waals surface area (Å²) in [6, 6.07) is 11.5. The van der Waals surface area contributed by atoms with E-state index in [4.69, 9.17) is 9.47 Å². The van der Waals surface area contributed by atoms with Crippen LogP contribution < -0.4 is 14.8 Å². The zero-order valence-corrected chi connectivity index (χ0v) is 19.2. The van der Waals surface area contributed by atoms with Crippen LogP contribution >= 0.6 is 0 Å². The Morgan fingerprint density at radius 1 is 1.00 bits per heavy atom. The van der Waals surface area contributed by atoms with Crippen LogP contribution in [0.3, 0.4) is 0 Å². The van der Waals surface area contributed by atoms with Gasteiger partial charge in [0.25, 0.3) is 5.91 Å². The Balaban J connectivity index is 1.66. The molecule has 1 amide bonds. The number of amides is 1. The second-order valence-corrected chi connectivity index (χ2v) is 10.1. The minimum Gasteiger partial charge on any atom is -0.493 e. The molecule has 1 aliphatic rings. The molecule has 1 N–H and O–H groups in total. The Labute approximate surface area is 184 Å². The first-order valence-electron chi connectivity index (χ1n) is 10.3. The Kier molecular flexibility index (Phi) is 7.23. The van der Waals surface area contributed by atoms with Crippen LogP contribution in [0, 0.1) is 11.8 Å². The van der Waals surface area contributed by atoms with Crippen LogP contribution in [0.1, 0.15) is 36.2 Å². The van der Waals surface area contributed by atoms with Gasteiger partial charge in [0.05, 0.1) is 19.1 Å². The number of ether oxygens (including phenoxy) is 2. The van der Waals surface area contributed by atoms with Crippen LogP contribution in [0.15, 0.2) is 47.4 Å². The van der Waals surface area contributed by atoms with Crippen molar-refractivity contribution in [2.45, 2.75) is 31.7 Å². The number of nitrogens with zero attached hydrogens (tertiary/aromatic N) is 1. The molecule has 1 heterocycles. The number of nitrogens with one attached hydrogen (secondary N) is 1. The Bertz CT molecular complexity index is 1010. The molecule has 1 aliphatic heterocycles. The molecule has 0 aliphatic carbocycles. The SMILES string of the molecule is COc1ccc(CNC(=O)c2ccc(S(=O)(=O)N3C[C@@H](C)C[C@H](C)C3)cc2)cc1OC. The summed E-state index contributed by atoms with van der Waals surface area (Å²) in [5, 5.41) is 2.84. The van der Waals surface area contributed by atoms with Gasteiger partial charge in [-0.15, -0.1) is 0 Å². The second kappa shape index (κ2) is 9.70. The summed E-state index contributed by atoms with van der Waals surface area (Å²) in [5.74, 6) is 1.59. The number of hydrogen-bond donors (Lipinski definition) is 1. The molecule has 1 saturated heterocycles. The molecule has 3 rings (SSSR count). The van der Waals surface area contributed by atoms with Crippen LogP contribution in [0.25, 0.3) is 0 Å². The Morgan fingerprint density at radius 2 is 1.61 bits per heavy atom. The predicted molar refractivity (Wildman–Crippen MR) is 119 cm³/mol. The highest BCUT2D eigenvalue weighted by Gasteiger charge is 2.31. The Morgan fingerprint density at radius 3 is 2.19 bits per heavy atom. The van der Waals surface area contributed by atoms with Crippen LogP contribution in [-0.2, 0) is 16.6 Å². The van der Waals surface area contributed by atoms with Crippen molar-refractivity contribution in [3.8, 4) is 11.5 Å². The lowest BCUT2D eigenvalue weighted by Gasteiger charge is -2.34. The molecule has 168 valence electrons. The third-order valence-corrected chi connectivity index (χ3v) is 7.34. The largest absolute Gasteiger partial charge is 0.493 e. The lowest BCUT2D eigenvalue weighted by atomic mass is 9.94. The van der Waals surface area contributed by atoms with Crippen molar-refractivity contribution in [2.75, 3.05) is 27.3 Å². The number of piperidine rings is 1. The van der Waals surface area contributed by atoms with Gasteiger partial charge < -0.3 is 14.8 Å². The van der Waals surface area contributed by atoms with Crippen LogP contribution in [0.4, 0.5) is 0 Å². The molecular weight excluding hydrogens is 416 g/mol. The summed E-state index contributed by atoms with van der Waals surface area (Å²) in [5.41, 5.74) is 1.26. The van der Waals surface area contributed by atoms with E-state index in [2.05, 4.69) is 19.2 Å². The maximum absolute atomic E-state index is 13.0. The van der Waals surface area contributed by atoms with Crippen LogP contribution in [0.2, 0.25) is 0 Å². The standard InChI is InChI=1S/C23H30N2O5S/c1-16-11-17(2)15-25(14-16)31(27,28)20-8-6-19(7-9-20)23(26)24-13-18-5-10-21(29-3)22(12-18)30-4/h5-10,12,16-17H,11,13-15H2,1-4H3,(H,24,26)/t16-,17-/m0/s1. The van der Waals surface area contributed by atoms with Crippen molar-refractivity contribution in [2.24, 2.45) is 11.8 Å². The number of methoxy groups -OCH3 is 2. The minimum atomic E-state index is -3.56. The van der Waals surface area contributed by atoms with Crippen molar-refractivity contribution in [3.63, 3.8) is 0 Å². The molecule has 0 bridgehead atoms. The Hall–Kier alpha value is -2.58. The summed E-state index contributed by atoms with van der Waals surface area (Å²) in [6.07, 6.45) is 1.03. The molecule has 0 saturated carbocycles. The van der Waals surface area contributed by atoms with Crippen molar-refractivity contribution < 1.29 is 22.7 Å². The average molecular weight is 447 g/mol. The molecule has 8 heteroatoms. The van der Waals surface area contributed by atoms with Crippen molar-refractivity contribution >= 4 is 15.9 Å². The van der Waals surface area contributed by atoms with Gasteiger partial charge in [0.1, 0.15) is 0 Å². The monoisotopic (exact) mass is 446 g/mol. The molecule has 1 fully saturated rings. The van der Waals surface area contributed by atoms with Gasteiger partial charge in [-0.2, -0.15) is 4.31 Å². The summed E-state index contributed by atoms with van der Waals surface area (Å²) in [7, 11) is -0.442. The number of rotatable bonds is 7. The number of benzene rings is 2. The fraction of sp³-hybridized carbons (Fsp3) is 0.435. The third-order valence-electron chi connectivity index (χ3n) is 5.49. The highest BCUT2D eigenvalue weighted by molar-refractivity contribution is 7.89. The fourth-order valence-electron chi connectivity index (χ4n) is 4.00. The maximum Gasteiger partial charge on any atom is 0.251 e. The summed E-state index contributed by atoms with van der Waals surface area (Å²) in [6.45, 7) is 5.51. The predicted octanol–water partition coefficient (Wildman–Crippen LogP) is 3.30. The van der Waals surface area contributed by atoms with Gasteiger partial charge in [-0.3, -0.25) is 4.79 Å². The van der Waals surface area contributed by atoms with Gasteiger partial charge in [-0.25, -0.2) is 8.42 Å². The zero-order chi connectivity index (χ0) is 22.6. The smallest absolute Gasteiger partial charge is 0.251 e. The highest BCUT2D eigenvalue weighted by Crippen LogP contribution is 2.28. The summed E-state index contributed by atoms with van der Waals surface area (Å²) < 4.78 is 38.0. The topological polar surface area (TPSA) is 84.9 Å². The fourth-order valence-corrected chi connectivity index (χ4v) is 5.68. The molecule has 2 aromatic rings. The first-order chi connectivity index (χ1) is 14.7. The van der Waals surface area contributed by atoms with Crippen molar-refractivity contribution in [3.05, 3.63) is 53.6 Å². The summed E-state index contributed by atoms with van der Waals surface area (Å²) >= 11 is 0. The van der Waals surface area contributed by atoms with E-state index in [0.717, 1.165) is 12.0 Å². The maximum atomic E-state index is 13.0. The number of carbonyl (C=O) groups is 1. The molecule has 7 nitrogen and oxygen atoms in total. The lowest BCUT2D eigenvalue weighted by Crippen LogP contribution is -2.42. The van der Waals surface area contributed by atoms with Gasteiger partial charge >= 0.3 is 0 Å². The molecular formula is C23H30N2O5S. The highest BCUT2D eigenvalue weighted by atomic mass is 32.2. The van der Waals surface area contributed by atoms with E-state index < -0.39 is 10.0 Å². The van der Waals surface area contributed by atoms with Gasteiger partial charge in [0, 0.05) is 25.2 Å². The first kappa shape index (κ1) is 23.1. The number of carbonyl (C=O) groups excluding carboxylic acids is 1. The number of sulfonamides is 1. The zero-order valence-electron chi connectivity index (χ0n) is 18.4. The van der Waals surface area contributed by atoms with E-state index in [1.165, 1.54) is 12.1 Å². The third kappa shape index (κ3) is 5.37. The van der Waals surface area contributed by atoms with E-state index >= 15 is 0 Å². The van der Waals surface area contributed by atoms with Crippen molar-refractivity contribution in [1.82, 2.24) is 9.62 Å². The second-order valence-electron chi connectivity index (χ2n) is 8.16. The molecule has 2 aromatic carbocycles. The van der Waals surface area contributed by atoms with Gasteiger partial charge in [0.2, 0.25) is 10.0 Å². The number of hydrogen-bond acceptors (Lipinski definition) is 5. The summed E-state index contributed by atoms with van der Waals surface area (Å²) in [4.78, 5) is 12.7. The molecule has 0 radical (unpaired) electrons. The van der Waals surface area contributed by atoms with E-state index in [1.807, 2.05) is 6.07 Å². The quantitative estimate of drug-likeness (QED) is 0.705. The van der Waals surface area contributed by atoms with E-state index in [0.29, 0.717) is 48.5 Å². The average Bonchev–Trinajstić information content (AvgIpc) is 2.76. The van der Waals surface area contributed by atoms with E-state index in [-0.39, 0.29) is 10.8 Å². The normalized spacial score (nSPS) is 19.6. The molecule has 0 unspecified atom stereocenters. The molecule has 0 spiro atoms. The molecule has 2 atom stereocenters. The molecule has 0 aromatic heterocycles. The van der Waals surface area contributed by atoms with Crippen LogP contribution in [0.5, 0.6) is 11.5 Å². The lowest BCUT2D eigenvalue weighted by molar-refractivity contribution is 0.0950. The van der Waals surface area contributed by atoms with Crippen LogP contribution in [-0.4, -0.2) is 45.9 Å². The molecule has 31 heavy (non-hydrogen) atoms. The van der Waals surface area contributed by atoms with Crippen molar-refractivity contribution in [1.29, 1.82) is 0 Å². The van der Waals surface area contributed by atoms with E-state index in [1.54, 1.807) is 42.8 Å².